The Kier molecular flexibility index (Phi) is 3.70. The maximum atomic E-state index is 6.11. The van der Waals surface area contributed by atoms with E-state index in [9.17, 15) is 0 Å². The molecule has 0 saturated heterocycles. The van der Waals surface area contributed by atoms with Crippen molar-refractivity contribution in [1.82, 2.24) is 9.55 Å². The number of aryl methyl sites for hydroxylation is 1. The summed E-state index contributed by atoms with van der Waals surface area (Å²) in [5, 5.41) is 0.844. The molecule has 0 aromatic carbocycles. The molecule has 0 spiro atoms. The average Bonchev–Trinajstić information content (AvgIpc) is 2.84. The lowest BCUT2D eigenvalue weighted by Crippen LogP contribution is -2.18. The Morgan fingerprint density at radius 2 is 2.33 bits per heavy atom. The lowest BCUT2D eigenvalue weighted by molar-refractivity contribution is 0.692. The maximum absolute atomic E-state index is 6.11. The first-order chi connectivity index (χ1) is 7.27. The van der Waals surface area contributed by atoms with Crippen LogP contribution in [0.5, 0.6) is 0 Å². The fourth-order valence-corrected chi connectivity index (χ4v) is 3.40. The summed E-state index contributed by atoms with van der Waals surface area (Å²) in [6.07, 6.45) is 9.31. The Morgan fingerprint density at radius 3 is 2.93 bits per heavy atom. The molecule has 1 aliphatic rings. The van der Waals surface area contributed by atoms with Gasteiger partial charge in [0.15, 0.2) is 0 Å². The van der Waals surface area contributed by atoms with Crippen LogP contribution < -0.4 is 5.73 Å². The number of thioether (sulfide) groups is 1. The van der Waals surface area contributed by atoms with Gasteiger partial charge in [-0.25, -0.2) is 4.98 Å². The maximum Gasteiger partial charge on any atom is 0.126 e. The standard InChI is InChI=1S/C11H19N3S/c1-14-7-6-13-11(14)10(12)8-15-9-4-2-3-5-9/h6-7,9-10H,2-5,8,12H2,1H3. The van der Waals surface area contributed by atoms with E-state index in [1.54, 1.807) is 0 Å². The highest BCUT2D eigenvalue weighted by Crippen LogP contribution is 2.31. The van der Waals surface area contributed by atoms with Crippen molar-refractivity contribution in [2.75, 3.05) is 5.75 Å². The Morgan fingerprint density at radius 1 is 1.60 bits per heavy atom. The van der Waals surface area contributed by atoms with Crippen LogP contribution in [-0.4, -0.2) is 20.6 Å². The van der Waals surface area contributed by atoms with Gasteiger partial charge in [-0.2, -0.15) is 11.8 Å². The second-order valence-corrected chi connectivity index (χ2v) is 5.58. The van der Waals surface area contributed by atoms with Crippen molar-refractivity contribution in [3.63, 3.8) is 0 Å². The normalized spacial score (nSPS) is 19.6. The van der Waals surface area contributed by atoms with Crippen LogP contribution in [-0.2, 0) is 7.05 Å². The van der Waals surface area contributed by atoms with Crippen LogP contribution in [0.25, 0.3) is 0 Å². The van der Waals surface area contributed by atoms with Crippen LogP contribution >= 0.6 is 11.8 Å². The van der Waals surface area contributed by atoms with Crippen LogP contribution in [0.15, 0.2) is 12.4 Å². The predicted octanol–water partition coefficient (Wildman–Crippen LogP) is 2.10. The molecule has 0 bridgehead atoms. The fraction of sp³-hybridized carbons (Fsp3) is 0.727. The highest BCUT2D eigenvalue weighted by Gasteiger charge is 2.18. The second-order valence-electron chi connectivity index (χ2n) is 4.24. The first kappa shape index (κ1) is 11.0. The third-order valence-electron chi connectivity index (χ3n) is 3.00. The van der Waals surface area contributed by atoms with E-state index in [0.29, 0.717) is 0 Å². The summed E-state index contributed by atoms with van der Waals surface area (Å²) in [5.41, 5.74) is 6.11. The molecule has 15 heavy (non-hydrogen) atoms. The summed E-state index contributed by atoms with van der Waals surface area (Å²) in [7, 11) is 2.00. The second kappa shape index (κ2) is 5.03. The van der Waals surface area contributed by atoms with Gasteiger partial charge < -0.3 is 10.3 Å². The number of aromatic nitrogens is 2. The van der Waals surface area contributed by atoms with E-state index in [-0.39, 0.29) is 6.04 Å². The van der Waals surface area contributed by atoms with E-state index in [1.165, 1.54) is 25.7 Å². The van der Waals surface area contributed by atoms with E-state index in [2.05, 4.69) is 4.98 Å². The molecule has 0 amide bonds. The largest absolute Gasteiger partial charge is 0.337 e. The Labute approximate surface area is 95.4 Å². The molecule has 1 atom stereocenters. The summed E-state index contributed by atoms with van der Waals surface area (Å²) >= 11 is 2.02. The average molecular weight is 225 g/mol. The lowest BCUT2D eigenvalue weighted by atomic mass is 10.3. The number of hydrogen-bond acceptors (Lipinski definition) is 3. The predicted molar refractivity (Wildman–Crippen MR) is 64.9 cm³/mol. The zero-order valence-electron chi connectivity index (χ0n) is 9.22. The minimum atomic E-state index is 0.0793. The fourth-order valence-electron chi connectivity index (χ4n) is 2.10. The molecule has 1 fully saturated rings. The number of imidazole rings is 1. The van der Waals surface area contributed by atoms with E-state index in [1.807, 2.05) is 35.8 Å². The molecule has 0 aliphatic heterocycles. The highest BCUT2D eigenvalue weighted by molar-refractivity contribution is 7.99. The topological polar surface area (TPSA) is 43.8 Å². The SMILES string of the molecule is Cn1ccnc1C(N)CSC1CCCC1. The van der Waals surface area contributed by atoms with E-state index >= 15 is 0 Å². The number of rotatable bonds is 4. The van der Waals surface area contributed by atoms with Crippen molar-refractivity contribution in [2.24, 2.45) is 12.8 Å². The lowest BCUT2D eigenvalue weighted by Gasteiger charge is -2.14. The van der Waals surface area contributed by atoms with E-state index < -0.39 is 0 Å². The molecule has 4 heteroatoms. The zero-order valence-corrected chi connectivity index (χ0v) is 10.0. The minimum Gasteiger partial charge on any atom is -0.337 e. The molecule has 2 rings (SSSR count). The van der Waals surface area contributed by atoms with Crippen molar-refractivity contribution in [1.29, 1.82) is 0 Å². The van der Waals surface area contributed by atoms with Gasteiger partial charge in [-0.3, -0.25) is 0 Å². The highest BCUT2D eigenvalue weighted by atomic mass is 32.2. The molecule has 84 valence electrons. The summed E-state index contributed by atoms with van der Waals surface area (Å²) in [6, 6.07) is 0.0793. The van der Waals surface area contributed by atoms with Crippen molar-refractivity contribution >= 4 is 11.8 Å². The monoisotopic (exact) mass is 225 g/mol. The van der Waals surface area contributed by atoms with Gasteiger partial charge in [0.05, 0.1) is 6.04 Å². The Balaban J connectivity index is 1.81. The Hall–Kier alpha value is -0.480. The van der Waals surface area contributed by atoms with Crippen molar-refractivity contribution in [3.05, 3.63) is 18.2 Å². The van der Waals surface area contributed by atoms with Gasteiger partial charge in [0, 0.05) is 30.4 Å². The van der Waals surface area contributed by atoms with Crippen molar-refractivity contribution in [2.45, 2.75) is 37.0 Å². The number of hydrogen-bond donors (Lipinski definition) is 1. The smallest absolute Gasteiger partial charge is 0.126 e. The molecule has 1 aromatic rings. The first-order valence-electron chi connectivity index (χ1n) is 5.62. The van der Waals surface area contributed by atoms with Gasteiger partial charge in [-0.15, -0.1) is 0 Å². The van der Waals surface area contributed by atoms with Crippen LogP contribution in [0.2, 0.25) is 0 Å². The molecule has 3 nitrogen and oxygen atoms in total. The minimum absolute atomic E-state index is 0.0793. The third kappa shape index (κ3) is 2.75. The van der Waals surface area contributed by atoms with Gasteiger partial charge in [0.25, 0.3) is 0 Å². The molecular formula is C11H19N3S. The quantitative estimate of drug-likeness (QED) is 0.853. The third-order valence-corrected chi connectivity index (χ3v) is 4.50. The van der Waals surface area contributed by atoms with Gasteiger partial charge >= 0.3 is 0 Å². The molecule has 1 aromatic heterocycles. The molecule has 1 heterocycles. The zero-order chi connectivity index (χ0) is 10.7. The Bertz CT molecular complexity index is 305. The molecule has 2 N–H and O–H groups in total. The summed E-state index contributed by atoms with van der Waals surface area (Å²) in [5.74, 6) is 2.00. The van der Waals surface area contributed by atoms with Crippen LogP contribution in [0.1, 0.15) is 37.5 Å². The molecular weight excluding hydrogens is 206 g/mol. The summed E-state index contributed by atoms with van der Waals surface area (Å²) in [6.45, 7) is 0. The summed E-state index contributed by atoms with van der Waals surface area (Å²) < 4.78 is 2.01. The molecule has 1 saturated carbocycles. The van der Waals surface area contributed by atoms with Gasteiger partial charge in [0.2, 0.25) is 0 Å². The van der Waals surface area contributed by atoms with Gasteiger partial charge in [-0.05, 0) is 12.8 Å². The van der Waals surface area contributed by atoms with Crippen LogP contribution in [0.3, 0.4) is 0 Å². The van der Waals surface area contributed by atoms with Crippen molar-refractivity contribution in [3.8, 4) is 0 Å². The van der Waals surface area contributed by atoms with Gasteiger partial charge in [0.1, 0.15) is 5.82 Å². The number of nitrogens with two attached hydrogens (primary N) is 1. The van der Waals surface area contributed by atoms with Crippen molar-refractivity contribution < 1.29 is 0 Å². The summed E-state index contributed by atoms with van der Waals surface area (Å²) in [4.78, 5) is 4.29. The van der Waals surface area contributed by atoms with Crippen LogP contribution in [0.4, 0.5) is 0 Å². The number of nitrogens with zero attached hydrogens (tertiary/aromatic N) is 2. The molecule has 1 unspecified atom stereocenters. The van der Waals surface area contributed by atoms with E-state index in [4.69, 9.17) is 5.73 Å². The first-order valence-corrected chi connectivity index (χ1v) is 6.66. The van der Waals surface area contributed by atoms with Gasteiger partial charge in [-0.1, -0.05) is 12.8 Å². The molecule has 0 radical (unpaired) electrons. The van der Waals surface area contributed by atoms with E-state index in [0.717, 1.165) is 16.8 Å². The molecule has 1 aliphatic carbocycles. The van der Waals surface area contributed by atoms with Crippen LogP contribution in [0, 0.1) is 0 Å².